The molecule has 1 aromatic heterocycles. The first-order valence-corrected chi connectivity index (χ1v) is 8.51. The van der Waals surface area contributed by atoms with Gasteiger partial charge in [0.05, 0.1) is 28.5 Å². The summed E-state index contributed by atoms with van der Waals surface area (Å²) in [6.07, 6.45) is -1.05. The van der Waals surface area contributed by atoms with Crippen LogP contribution in [-0.4, -0.2) is 35.4 Å². The van der Waals surface area contributed by atoms with Crippen molar-refractivity contribution in [3.63, 3.8) is 0 Å². The number of hydrogen-bond acceptors (Lipinski definition) is 5. The summed E-state index contributed by atoms with van der Waals surface area (Å²) in [6.45, 7) is 6.73. The molecule has 0 bridgehead atoms. The van der Waals surface area contributed by atoms with Crippen molar-refractivity contribution in [2.24, 2.45) is 0 Å². The molecule has 2 rings (SSSR count). The van der Waals surface area contributed by atoms with E-state index in [2.05, 4.69) is 4.98 Å². The number of esters is 2. The number of H-pyrrole nitrogens is 1. The van der Waals surface area contributed by atoms with Crippen LogP contribution in [0.5, 0.6) is 0 Å². The van der Waals surface area contributed by atoms with Crippen molar-refractivity contribution in [3.8, 4) is 0 Å². The second-order valence-electron chi connectivity index (χ2n) is 5.74. The maximum absolute atomic E-state index is 12.7. The van der Waals surface area contributed by atoms with Crippen molar-refractivity contribution in [2.75, 3.05) is 6.61 Å². The van der Waals surface area contributed by atoms with E-state index in [4.69, 9.17) is 21.1 Å². The molecule has 0 aliphatic heterocycles. The number of ether oxygens (including phenoxy) is 2. The molecule has 0 aliphatic carbocycles. The lowest BCUT2D eigenvalue weighted by molar-refractivity contribution is 0.0317. The van der Waals surface area contributed by atoms with Gasteiger partial charge in [0.2, 0.25) is 5.78 Å². The van der Waals surface area contributed by atoms with Gasteiger partial charge in [-0.1, -0.05) is 23.7 Å². The molecule has 138 valence electrons. The molecule has 2 aromatic rings. The lowest BCUT2D eigenvalue weighted by atomic mass is 10.1. The van der Waals surface area contributed by atoms with Crippen molar-refractivity contribution in [1.82, 2.24) is 4.98 Å². The quantitative estimate of drug-likeness (QED) is 0.609. The smallest absolute Gasteiger partial charge is 0.340 e. The first kappa shape index (κ1) is 19.7. The molecule has 1 heterocycles. The number of ketones is 1. The minimum absolute atomic E-state index is 0.181. The molecule has 0 fully saturated rings. The molecule has 0 aliphatic rings. The lowest BCUT2D eigenvalue weighted by Gasteiger charge is -2.13. The Morgan fingerprint density at radius 3 is 2.42 bits per heavy atom. The van der Waals surface area contributed by atoms with Gasteiger partial charge in [-0.05, 0) is 45.4 Å². The number of carbonyl (C=O) groups is 3. The fraction of sp³-hybridized carbons (Fsp3) is 0.316. The second-order valence-corrected chi connectivity index (χ2v) is 6.14. The summed E-state index contributed by atoms with van der Waals surface area (Å²) < 4.78 is 10.2. The number of nitrogens with one attached hydrogen (secondary N) is 1. The van der Waals surface area contributed by atoms with Gasteiger partial charge in [0.25, 0.3) is 0 Å². The molecule has 26 heavy (non-hydrogen) atoms. The van der Waals surface area contributed by atoms with E-state index >= 15 is 0 Å². The maximum atomic E-state index is 12.7. The monoisotopic (exact) mass is 377 g/mol. The molecule has 6 nitrogen and oxygen atoms in total. The van der Waals surface area contributed by atoms with Gasteiger partial charge in [-0.2, -0.15) is 0 Å². The van der Waals surface area contributed by atoms with Crippen LogP contribution in [0, 0.1) is 13.8 Å². The summed E-state index contributed by atoms with van der Waals surface area (Å²) in [7, 11) is 0. The van der Waals surface area contributed by atoms with Crippen LogP contribution in [0.2, 0.25) is 5.02 Å². The highest BCUT2D eigenvalue weighted by Gasteiger charge is 2.28. The molecule has 1 aromatic carbocycles. The molecule has 1 atom stereocenters. The minimum Gasteiger partial charge on any atom is -0.462 e. The molecule has 0 saturated heterocycles. The van der Waals surface area contributed by atoms with Crippen molar-refractivity contribution in [1.29, 1.82) is 0 Å². The predicted octanol–water partition coefficient (Wildman–Crippen LogP) is 3.89. The van der Waals surface area contributed by atoms with Crippen LogP contribution in [0.1, 0.15) is 56.3 Å². The molecule has 7 heteroatoms. The van der Waals surface area contributed by atoms with Gasteiger partial charge in [0, 0.05) is 5.69 Å². The third kappa shape index (κ3) is 3.96. The number of benzene rings is 1. The van der Waals surface area contributed by atoms with E-state index in [0.717, 1.165) is 0 Å². The van der Waals surface area contributed by atoms with Gasteiger partial charge in [-0.3, -0.25) is 4.79 Å². The number of halogens is 1. The van der Waals surface area contributed by atoms with Crippen molar-refractivity contribution in [3.05, 3.63) is 57.4 Å². The van der Waals surface area contributed by atoms with Crippen LogP contribution in [0.25, 0.3) is 0 Å². The second kappa shape index (κ2) is 8.19. The fourth-order valence-corrected chi connectivity index (χ4v) is 2.83. The zero-order valence-electron chi connectivity index (χ0n) is 15.0. The SMILES string of the molecule is CCOC(=O)c1c(C)[nH]c(C(=O)C(C)OC(=O)c2ccccc2Cl)c1C. The summed E-state index contributed by atoms with van der Waals surface area (Å²) in [5.74, 6) is -1.64. The Hall–Kier alpha value is -2.60. The van der Waals surface area contributed by atoms with Crippen LogP contribution in [0.15, 0.2) is 24.3 Å². The molecular weight excluding hydrogens is 358 g/mol. The van der Waals surface area contributed by atoms with Crippen LogP contribution in [0.3, 0.4) is 0 Å². The predicted molar refractivity (Wildman–Crippen MR) is 96.9 cm³/mol. The highest BCUT2D eigenvalue weighted by molar-refractivity contribution is 6.33. The molecule has 0 radical (unpaired) electrons. The van der Waals surface area contributed by atoms with Crippen molar-refractivity contribution < 1.29 is 23.9 Å². The number of aryl methyl sites for hydroxylation is 1. The Balaban J connectivity index is 2.21. The van der Waals surface area contributed by atoms with Crippen LogP contribution >= 0.6 is 11.6 Å². The van der Waals surface area contributed by atoms with Crippen LogP contribution < -0.4 is 0 Å². The van der Waals surface area contributed by atoms with E-state index in [9.17, 15) is 14.4 Å². The molecule has 0 amide bonds. The van der Waals surface area contributed by atoms with Gasteiger partial charge in [-0.15, -0.1) is 0 Å². The number of carbonyl (C=O) groups excluding carboxylic acids is 3. The number of aromatic nitrogens is 1. The average molecular weight is 378 g/mol. The van der Waals surface area contributed by atoms with E-state index in [-0.39, 0.29) is 22.9 Å². The van der Waals surface area contributed by atoms with E-state index in [1.807, 2.05) is 0 Å². The van der Waals surface area contributed by atoms with E-state index in [0.29, 0.717) is 16.8 Å². The summed E-state index contributed by atoms with van der Waals surface area (Å²) >= 11 is 5.97. The summed E-state index contributed by atoms with van der Waals surface area (Å²) in [5.41, 5.74) is 1.70. The standard InChI is InChI=1S/C19H20ClNO5/c1-5-25-19(24)15-10(2)16(21-11(15)3)17(22)12(4)26-18(23)13-8-6-7-9-14(13)20/h6-9,12,21H,5H2,1-4H3. The van der Waals surface area contributed by atoms with Gasteiger partial charge in [-0.25, -0.2) is 9.59 Å². The lowest BCUT2D eigenvalue weighted by Crippen LogP contribution is -2.25. The van der Waals surface area contributed by atoms with Crippen LogP contribution in [0.4, 0.5) is 0 Å². The Kier molecular flexibility index (Phi) is 6.21. The topological polar surface area (TPSA) is 85.5 Å². The van der Waals surface area contributed by atoms with Crippen LogP contribution in [-0.2, 0) is 9.47 Å². The first-order chi connectivity index (χ1) is 12.3. The molecule has 0 spiro atoms. The van der Waals surface area contributed by atoms with Gasteiger partial charge in [0.1, 0.15) is 0 Å². The highest BCUT2D eigenvalue weighted by atomic mass is 35.5. The summed E-state index contributed by atoms with van der Waals surface area (Å²) in [6, 6.07) is 6.42. The largest absolute Gasteiger partial charge is 0.462 e. The van der Waals surface area contributed by atoms with E-state index in [1.165, 1.54) is 13.0 Å². The third-order valence-corrected chi connectivity index (χ3v) is 4.24. The zero-order chi connectivity index (χ0) is 19.4. The van der Waals surface area contributed by atoms with Gasteiger partial charge >= 0.3 is 11.9 Å². The fourth-order valence-electron chi connectivity index (χ4n) is 2.61. The summed E-state index contributed by atoms with van der Waals surface area (Å²) in [4.78, 5) is 39.8. The van der Waals surface area contributed by atoms with Gasteiger partial charge < -0.3 is 14.5 Å². The normalized spacial score (nSPS) is 11.7. The number of Topliss-reactive ketones (excluding diaryl/α,β-unsaturated/α-hetero) is 1. The number of aromatic amines is 1. The summed E-state index contributed by atoms with van der Waals surface area (Å²) in [5, 5.41) is 0.244. The van der Waals surface area contributed by atoms with Crippen molar-refractivity contribution in [2.45, 2.75) is 33.8 Å². The Bertz CT molecular complexity index is 856. The van der Waals surface area contributed by atoms with E-state index < -0.39 is 23.8 Å². The molecular formula is C19H20ClNO5. The minimum atomic E-state index is -1.05. The number of rotatable bonds is 6. The Labute approximate surface area is 156 Å². The van der Waals surface area contributed by atoms with Crippen molar-refractivity contribution >= 4 is 29.3 Å². The van der Waals surface area contributed by atoms with E-state index in [1.54, 1.807) is 39.0 Å². The Morgan fingerprint density at radius 2 is 1.81 bits per heavy atom. The highest BCUT2D eigenvalue weighted by Crippen LogP contribution is 2.22. The number of hydrogen-bond donors (Lipinski definition) is 1. The molecule has 1 N–H and O–H groups in total. The molecule has 1 unspecified atom stereocenters. The Morgan fingerprint density at radius 1 is 1.15 bits per heavy atom. The maximum Gasteiger partial charge on any atom is 0.340 e. The molecule has 0 saturated carbocycles. The first-order valence-electron chi connectivity index (χ1n) is 8.13. The zero-order valence-corrected chi connectivity index (χ0v) is 15.8. The average Bonchev–Trinajstić information content (AvgIpc) is 2.89. The van der Waals surface area contributed by atoms with Gasteiger partial charge in [0.15, 0.2) is 6.10 Å². The third-order valence-electron chi connectivity index (χ3n) is 3.91.